The van der Waals surface area contributed by atoms with Gasteiger partial charge in [0.1, 0.15) is 0 Å². The Labute approximate surface area is 94.7 Å². The van der Waals surface area contributed by atoms with Gasteiger partial charge in [0.15, 0.2) is 0 Å². The molecular formula is C9H18N6O. The summed E-state index contributed by atoms with van der Waals surface area (Å²) in [6.45, 7) is 2.06. The molecule has 0 aliphatic rings. The largest absolute Gasteiger partial charge is 0.396 e. The van der Waals surface area contributed by atoms with Gasteiger partial charge in [-0.15, -0.1) is 0 Å². The van der Waals surface area contributed by atoms with E-state index in [1.807, 2.05) is 21.0 Å². The molecule has 0 bridgehead atoms. The molecule has 0 aromatic carbocycles. The highest BCUT2D eigenvalue weighted by Crippen LogP contribution is 2.10. The quantitative estimate of drug-likeness (QED) is 0.634. The molecule has 7 nitrogen and oxygen atoms in total. The molecule has 1 heterocycles. The summed E-state index contributed by atoms with van der Waals surface area (Å²) in [5.74, 6) is 1.11. The second kappa shape index (κ2) is 5.45. The molecule has 90 valence electrons. The van der Waals surface area contributed by atoms with E-state index in [2.05, 4.69) is 20.3 Å². The minimum Gasteiger partial charge on any atom is -0.396 e. The van der Waals surface area contributed by atoms with Gasteiger partial charge >= 0.3 is 0 Å². The molecule has 1 aromatic heterocycles. The molecule has 0 amide bonds. The van der Waals surface area contributed by atoms with Crippen LogP contribution in [0.5, 0.6) is 0 Å². The average Bonchev–Trinajstić information content (AvgIpc) is 2.16. The van der Waals surface area contributed by atoms with Crippen LogP contribution >= 0.6 is 0 Å². The molecule has 0 radical (unpaired) electrons. The van der Waals surface area contributed by atoms with Crippen molar-refractivity contribution < 1.29 is 5.11 Å². The minimum atomic E-state index is 0.0850. The maximum atomic E-state index is 8.79. The first-order chi connectivity index (χ1) is 7.52. The van der Waals surface area contributed by atoms with Crippen molar-refractivity contribution in [2.75, 3.05) is 36.7 Å². The number of hydrogen-bond acceptors (Lipinski definition) is 7. The Balaban J connectivity index is 2.80. The lowest BCUT2D eigenvalue weighted by Gasteiger charge is -2.15. The molecule has 7 heteroatoms. The summed E-state index contributed by atoms with van der Waals surface area (Å²) >= 11 is 0. The lowest BCUT2D eigenvalue weighted by molar-refractivity contribution is 0.282. The number of aliphatic hydroxyl groups is 1. The third-order valence-corrected chi connectivity index (χ3v) is 1.98. The predicted octanol–water partition coefficient (Wildman–Crippen LogP) is -0.297. The van der Waals surface area contributed by atoms with Gasteiger partial charge in [-0.25, -0.2) is 0 Å². The van der Waals surface area contributed by atoms with Crippen molar-refractivity contribution >= 4 is 17.8 Å². The van der Waals surface area contributed by atoms with E-state index in [1.165, 1.54) is 0 Å². The lowest BCUT2D eigenvalue weighted by atomic mass is 10.2. The fourth-order valence-electron chi connectivity index (χ4n) is 1.13. The number of nitrogen functional groups attached to an aromatic ring is 1. The van der Waals surface area contributed by atoms with Crippen LogP contribution in [0.3, 0.4) is 0 Å². The molecule has 1 atom stereocenters. The standard InChI is InChI=1S/C9H18N6O/c1-6(4-5-16)11-8-12-7(10)13-9(14-8)15(2)3/h6,16H,4-5H2,1-3H3,(H3,10,11,12,13,14). The van der Waals surface area contributed by atoms with E-state index in [4.69, 9.17) is 10.8 Å². The molecule has 1 unspecified atom stereocenters. The maximum Gasteiger partial charge on any atom is 0.231 e. The first-order valence-electron chi connectivity index (χ1n) is 5.09. The highest BCUT2D eigenvalue weighted by molar-refractivity contribution is 5.41. The monoisotopic (exact) mass is 226 g/mol. The number of nitrogens with two attached hydrogens (primary N) is 1. The summed E-state index contributed by atoms with van der Waals surface area (Å²) in [7, 11) is 3.66. The number of nitrogens with one attached hydrogen (secondary N) is 1. The summed E-state index contributed by atoms with van der Waals surface area (Å²) in [6, 6.07) is 0.0850. The summed E-state index contributed by atoms with van der Waals surface area (Å²) in [6.07, 6.45) is 0.628. The minimum absolute atomic E-state index is 0.0850. The van der Waals surface area contributed by atoms with E-state index in [1.54, 1.807) is 4.90 Å². The zero-order chi connectivity index (χ0) is 12.1. The fourth-order valence-corrected chi connectivity index (χ4v) is 1.13. The van der Waals surface area contributed by atoms with Crippen molar-refractivity contribution in [3.05, 3.63) is 0 Å². The molecule has 0 fully saturated rings. The zero-order valence-electron chi connectivity index (χ0n) is 9.80. The van der Waals surface area contributed by atoms with Crippen LogP contribution in [0.15, 0.2) is 0 Å². The van der Waals surface area contributed by atoms with Gasteiger partial charge in [-0.1, -0.05) is 0 Å². The molecule has 0 aliphatic heterocycles. The highest BCUT2D eigenvalue weighted by atomic mass is 16.3. The smallest absolute Gasteiger partial charge is 0.231 e. The van der Waals surface area contributed by atoms with Crippen molar-refractivity contribution in [1.82, 2.24) is 15.0 Å². The van der Waals surface area contributed by atoms with Gasteiger partial charge in [0.05, 0.1) is 0 Å². The molecule has 16 heavy (non-hydrogen) atoms. The van der Waals surface area contributed by atoms with E-state index in [9.17, 15) is 0 Å². The second-order valence-corrected chi connectivity index (χ2v) is 3.77. The van der Waals surface area contributed by atoms with E-state index in [0.717, 1.165) is 0 Å². The molecule has 0 saturated heterocycles. The topological polar surface area (TPSA) is 100 Å². The Hall–Kier alpha value is -1.63. The zero-order valence-corrected chi connectivity index (χ0v) is 9.80. The van der Waals surface area contributed by atoms with Gasteiger partial charge in [-0.2, -0.15) is 15.0 Å². The van der Waals surface area contributed by atoms with Crippen LogP contribution in [-0.2, 0) is 0 Å². The van der Waals surface area contributed by atoms with Crippen LogP contribution in [0, 0.1) is 0 Å². The van der Waals surface area contributed by atoms with Crippen molar-refractivity contribution in [1.29, 1.82) is 0 Å². The first-order valence-corrected chi connectivity index (χ1v) is 5.09. The lowest BCUT2D eigenvalue weighted by Crippen LogP contribution is -2.21. The Kier molecular flexibility index (Phi) is 4.24. The van der Waals surface area contributed by atoms with Crippen LogP contribution in [0.2, 0.25) is 0 Å². The molecule has 4 N–H and O–H groups in total. The van der Waals surface area contributed by atoms with Crippen LogP contribution in [-0.4, -0.2) is 46.8 Å². The number of hydrogen-bond donors (Lipinski definition) is 3. The summed E-state index contributed by atoms with van der Waals surface area (Å²) in [4.78, 5) is 13.9. The maximum absolute atomic E-state index is 8.79. The number of rotatable bonds is 5. The van der Waals surface area contributed by atoms with E-state index < -0.39 is 0 Å². The van der Waals surface area contributed by atoms with E-state index in [-0.39, 0.29) is 18.6 Å². The normalized spacial score (nSPS) is 12.2. The van der Waals surface area contributed by atoms with Crippen LogP contribution < -0.4 is 16.0 Å². The number of nitrogens with zero attached hydrogens (tertiary/aromatic N) is 4. The van der Waals surface area contributed by atoms with Gasteiger partial charge in [0, 0.05) is 26.7 Å². The third kappa shape index (κ3) is 3.50. The predicted molar refractivity (Wildman–Crippen MR) is 63.4 cm³/mol. The van der Waals surface area contributed by atoms with Crippen molar-refractivity contribution in [3.63, 3.8) is 0 Å². The van der Waals surface area contributed by atoms with E-state index >= 15 is 0 Å². The SMILES string of the molecule is CC(CCO)Nc1nc(N)nc(N(C)C)n1. The van der Waals surface area contributed by atoms with Gasteiger partial charge in [-0.3, -0.25) is 0 Å². The second-order valence-electron chi connectivity index (χ2n) is 3.77. The number of anilines is 3. The van der Waals surface area contributed by atoms with Crippen molar-refractivity contribution in [2.24, 2.45) is 0 Å². The summed E-state index contributed by atoms with van der Waals surface area (Å²) in [5.41, 5.74) is 5.57. The Bertz CT molecular complexity index is 343. The van der Waals surface area contributed by atoms with Gasteiger partial charge in [0.25, 0.3) is 0 Å². The number of aromatic nitrogens is 3. The Morgan fingerprint density at radius 3 is 2.62 bits per heavy atom. The number of aliphatic hydroxyl groups excluding tert-OH is 1. The van der Waals surface area contributed by atoms with Gasteiger partial charge in [-0.05, 0) is 13.3 Å². The summed E-state index contributed by atoms with van der Waals surface area (Å²) < 4.78 is 0. The average molecular weight is 226 g/mol. The Morgan fingerprint density at radius 1 is 1.38 bits per heavy atom. The van der Waals surface area contributed by atoms with Crippen molar-refractivity contribution in [3.8, 4) is 0 Å². The summed E-state index contributed by atoms with van der Waals surface area (Å²) in [5, 5.41) is 11.8. The molecule has 1 rings (SSSR count). The molecular weight excluding hydrogens is 208 g/mol. The van der Waals surface area contributed by atoms with Crippen molar-refractivity contribution in [2.45, 2.75) is 19.4 Å². The van der Waals surface area contributed by atoms with Crippen LogP contribution in [0.1, 0.15) is 13.3 Å². The van der Waals surface area contributed by atoms with Crippen LogP contribution in [0.25, 0.3) is 0 Å². The molecule has 0 spiro atoms. The van der Waals surface area contributed by atoms with Gasteiger partial charge < -0.3 is 21.1 Å². The van der Waals surface area contributed by atoms with Crippen LogP contribution in [0.4, 0.5) is 17.8 Å². The third-order valence-electron chi connectivity index (χ3n) is 1.98. The first kappa shape index (κ1) is 12.4. The molecule has 0 aliphatic carbocycles. The van der Waals surface area contributed by atoms with E-state index in [0.29, 0.717) is 18.3 Å². The molecule has 0 saturated carbocycles. The molecule has 1 aromatic rings. The Morgan fingerprint density at radius 2 is 2.06 bits per heavy atom. The fraction of sp³-hybridized carbons (Fsp3) is 0.667. The van der Waals surface area contributed by atoms with Gasteiger partial charge in [0.2, 0.25) is 17.8 Å². The highest BCUT2D eigenvalue weighted by Gasteiger charge is 2.08.